The lowest BCUT2D eigenvalue weighted by Crippen LogP contribution is -2.34. The Morgan fingerprint density at radius 2 is 2.05 bits per heavy atom. The first-order chi connectivity index (χ1) is 9.26. The number of hydrogen-bond donors (Lipinski definition) is 1. The third-order valence-electron chi connectivity index (χ3n) is 3.40. The van der Waals surface area contributed by atoms with E-state index in [0.717, 1.165) is 18.8 Å². The van der Waals surface area contributed by atoms with E-state index < -0.39 is 0 Å². The van der Waals surface area contributed by atoms with Crippen LogP contribution in [-0.4, -0.2) is 32.5 Å². The lowest BCUT2D eigenvalue weighted by atomic mass is 10.1. The maximum atomic E-state index is 5.97. The molecule has 0 saturated heterocycles. The van der Waals surface area contributed by atoms with E-state index >= 15 is 0 Å². The molecule has 0 aromatic carbocycles. The lowest BCUT2D eigenvalue weighted by molar-refractivity contribution is 0.197. The molecule has 2 heterocycles. The molecule has 2 aromatic heterocycles. The molecule has 0 spiro atoms. The Kier molecular flexibility index (Phi) is 4.65. The number of imidazole rings is 1. The molecule has 102 valence electrons. The van der Waals surface area contributed by atoms with Gasteiger partial charge in [-0.2, -0.15) is 0 Å². The molecule has 0 radical (unpaired) electrons. The van der Waals surface area contributed by atoms with Crippen LogP contribution in [0.3, 0.4) is 0 Å². The van der Waals surface area contributed by atoms with Gasteiger partial charge in [-0.1, -0.05) is 6.92 Å². The molecule has 0 aliphatic heterocycles. The first-order valence-corrected chi connectivity index (χ1v) is 6.55. The van der Waals surface area contributed by atoms with Gasteiger partial charge >= 0.3 is 0 Å². The van der Waals surface area contributed by atoms with Crippen LogP contribution in [0.5, 0.6) is 0 Å². The van der Waals surface area contributed by atoms with Gasteiger partial charge in [-0.25, -0.2) is 4.98 Å². The zero-order valence-electron chi connectivity index (χ0n) is 11.5. The van der Waals surface area contributed by atoms with Crippen molar-refractivity contribution in [3.8, 4) is 0 Å². The molecule has 0 bridgehead atoms. The highest BCUT2D eigenvalue weighted by Crippen LogP contribution is 2.20. The van der Waals surface area contributed by atoms with Gasteiger partial charge in [0, 0.05) is 38.7 Å². The lowest BCUT2D eigenvalue weighted by Gasteiger charge is -2.30. The SMILES string of the molecule is CCN(Cc1ccncc1)C(CN)c1cncn1C. The van der Waals surface area contributed by atoms with Crippen molar-refractivity contribution in [2.45, 2.75) is 19.5 Å². The number of rotatable bonds is 6. The summed E-state index contributed by atoms with van der Waals surface area (Å²) in [4.78, 5) is 10.6. The van der Waals surface area contributed by atoms with Gasteiger partial charge in [0.15, 0.2) is 0 Å². The van der Waals surface area contributed by atoms with Gasteiger partial charge in [0.2, 0.25) is 0 Å². The van der Waals surface area contributed by atoms with Crippen molar-refractivity contribution >= 4 is 0 Å². The quantitative estimate of drug-likeness (QED) is 0.850. The van der Waals surface area contributed by atoms with Crippen LogP contribution in [-0.2, 0) is 13.6 Å². The summed E-state index contributed by atoms with van der Waals surface area (Å²) in [5, 5.41) is 0. The number of nitrogens with two attached hydrogens (primary N) is 1. The molecule has 5 nitrogen and oxygen atoms in total. The van der Waals surface area contributed by atoms with Crippen LogP contribution in [0.1, 0.15) is 24.2 Å². The zero-order chi connectivity index (χ0) is 13.7. The number of pyridine rings is 1. The van der Waals surface area contributed by atoms with Crippen LogP contribution in [0.4, 0.5) is 0 Å². The van der Waals surface area contributed by atoms with Crippen LogP contribution in [0, 0.1) is 0 Å². The molecule has 0 amide bonds. The van der Waals surface area contributed by atoms with Crippen molar-refractivity contribution < 1.29 is 0 Å². The fourth-order valence-electron chi connectivity index (χ4n) is 2.31. The molecule has 2 aromatic rings. The summed E-state index contributed by atoms with van der Waals surface area (Å²) in [5.74, 6) is 0. The highest BCUT2D eigenvalue weighted by molar-refractivity contribution is 5.12. The second-order valence-electron chi connectivity index (χ2n) is 4.60. The van der Waals surface area contributed by atoms with Crippen LogP contribution in [0.25, 0.3) is 0 Å². The topological polar surface area (TPSA) is 60.0 Å². The molecule has 0 aliphatic carbocycles. The Morgan fingerprint density at radius 1 is 1.32 bits per heavy atom. The predicted molar refractivity (Wildman–Crippen MR) is 75.3 cm³/mol. The maximum Gasteiger partial charge on any atom is 0.0946 e. The molecule has 2 rings (SSSR count). The van der Waals surface area contributed by atoms with Gasteiger partial charge in [-0.3, -0.25) is 9.88 Å². The van der Waals surface area contributed by atoms with Gasteiger partial charge in [-0.05, 0) is 24.2 Å². The van der Waals surface area contributed by atoms with Crippen LogP contribution in [0.2, 0.25) is 0 Å². The van der Waals surface area contributed by atoms with Crippen LogP contribution >= 0.6 is 0 Å². The summed E-state index contributed by atoms with van der Waals surface area (Å²) in [5.41, 5.74) is 8.37. The van der Waals surface area contributed by atoms with Gasteiger partial charge in [0.1, 0.15) is 0 Å². The summed E-state index contributed by atoms with van der Waals surface area (Å²) in [6, 6.07) is 4.27. The molecular formula is C14H21N5. The Bertz CT molecular complexity index is 494. The minimum Gasteiger partial charge on any atom is -0.336 e. The van der Waals surface area contributed by atoms with E-state index in [9.17, 15) is 0 Å². The van der Waals surface area contributed by atoms with Gasteiger partial charge in [0.25, 0.3) is 0 Å². The number of hydrogen-bond acceptors (Lipinski definition) is 4. The van der Waals surface area contributed by atoms with Gasteiger partial charge < -0.3 is 10.3 Å². The summed E-state index contributed by atoms with van der Waals surface area (Å²) >= 11 is 0. The van der Waals surface area contributed by atoms with Gasteiger partial charge in [-0.15, -0.1) is 0 Å². The third-order valence-corrected chi connectivity index (χ3v) is 3.40. The zero-order valence-corrected chi connectivity index (χ0v) is 11.5. The van der Waals surface area contributed by atoms with Crippen molar-refractivity contribution in [2.24, 2.45) is 12.8 Å². The van der Waals surface area contributed by atoms with Crippen molar-refractivity contribution in [3.05, 3.63) is 48.3 Å². The predicted octanol–water partition coefficient (Wildman–Crippen LogP) is 1.34. The minimum absolute atomic E-state index is 0.186. The van der Waals surface area contributed by atoms with Crippen LogP contribution < -0.4 is 5.73 Å². The van der Waals surface area contributed by atoms with E-state index in [1.54, 1.807) is 0 Å². The summed E-state index contributed by atoms with van der Waals surface area (Å²) in [6.07, 6.45) is 7.36. The molecule has 0 aliphatic rings. The maximum absolute atomic E-state index is 5.97. The summed E-state index contributed by atoms with van der Waals surface area (Å²) in [6.45, 7) is 4.54. The standard InChI is InChI=1S/C14H21N5/c1-3-19(10-12-4-6-16-7-5-12)13(8-15)14-9-17-11-18(14)2/h4-7,9,11,13H,3,8,10,15H2,1-2H3. The Balaban J connectivity index is 2.18. The number of aryl methyl sites for hydroxylation is 1. The fraction of sp³-hybridized carbons (Fsp3) is 0.429. The van der Waals surface area contributed by atoms with Crippen LogP contribution in [0.15, 0.2) is 37.1 Å². The van der Waals surface area contributed by atoms with E-state index in [1.165, 1.54) is 5.56 Å². The van der Waals surface area contributed by atoms with Crippen molar-refractivity contribution in [1.29, 1.82) is 0 Å². The van der Waals surface area contributed by atoms with E-state index in [2.05, 4.69) is 21.8 Å². The fourth-order valence-corrected chi connectivity index (χ4v) is 2.31. The van der Waals surface area contributed by atoms with E-state index in [4.69, 9.17) is 5.73 Å². The molecule has 1 unspecified atom stereocenters. The monoisotopic (exact) mass is 259 g/mol. The number of nitrogens with zero attached hydrogens (tertiary/aromatic N) is 4. The van der Waals surface area contributed by atoms with E-state index in [-0.39, 0.29) is 6.04 Å². The molecular weight excluding hydrogens is 238 g/mol. The third kappa shape index (κ3) is 3.19. The number of likely N-dealkylation sites (N-methyl/N-ethyl adjacent to an activating group) is 1. The smallest absolute Gasteiger partial charge is 0.0946 e. The minimum atomic E-state index is 0.186. The molecule has 19 heavy (non-hydrogen) atoms. The van der Waals surface area contributed by atoms with E-state index in [1.807, 2.05) is 48.7 Å². The Hall–Kier alpha value is -1.72. The summed E-state index contributed by atoms with van der Waals surface area (Å²) < 4.78 is 2.03. The second kappa shape index (κ2) is 6.45. The summed E-state index contributed by atoms with van der Waals surface area (Å²) in [7, 11) is 2.01. The largest absolute Gasteiger partial charge is 0.336 e. The second-order valence-corrected chi connectivity index (χ2v) is 4.60. The Labute approximate surface area is 114 Å². The first-order valence-electron chi connectivity index (χ1n) is 6.55. The van der Waals surface area contributed by atoms with Crippen molar-refractivity contribution in [1.82, 2.24) is 19.4 Å². The normalized spacial score (nSPS) is 12.8. The Morgan fingerprint density at radius 3 is 2.58 bits per heavy atom. The van der Waals surface area contributed by atoms with Crippen molar-refractivity contribution in [3.63, 3.8) is 0 Å². The highest BCUT2D eigenvalue weighted by Gasteiger charge is 2.20. The molecule has 5 heteroatoms. The highest BCUT2D eigenvalue weighted by atomic mass is 15.2. The molecule has 0 fully saturated rings. The average molecular weight is 259 g/mol. The van der Waals surface area contributed by atoms with E-state index in [0.29, 0.717) is 6.54 Å². The molecule has 2 N–H and O–H groups in total. The number of aromatic nitrogens is 3. The average Bonchev–Trinajstić information content (AvgIpc) is 2.86. The molecule has 1 atom stereocenters. The first kappa shape index (κ1) is 13.7. The molecule has 0 saturated carbocycles. The van der Waals surface area contributed by atoms with Crippen molar-refractivity contribution in [2.75, 3.05) is 13.1 Å². The van der Waals surface area contributed by atoms with Gasteiger partial charge in [0.05, 0.1) is 18.1 Å².